The van der Waals surface area contributed by atoms with Crippen LogP contribution in [0.4, 0.5) is 11.4 Å². The summed E-state index contributed by atoms with van der Waals surface area (Å²) in [6.45, 7) is 5.44. The van der Waals surface area contributed by atoms with Crippen molar-refractivity contribution in [1.82, 2.24) is 0 Å². The second kappa shape index (κ2) is 8.55. The van der Waals surface area contributed by atoms with E-state index in [1.54, 1.807) is 0 Å². The number of nitrogens with one attached hydrogen (secondary N) is 2. The molecule has 1 atom stereocenters. The van der Waals surface area contributed by atoms with Gasteiger partial charge in [-0.2, -0.15) is 0 Å². The Hall–Kier alpha value is -2.27. The number of amides is 2. The number of carbonyl (C=O) groups excluding carboxylic acids is 2. The van der Waals surface area contributed by atoms with Crippen LogP contribution < -0.4 is 10.6 Å². The first-order valence-corrected chi connectivity index (χ1v) is 8.78. The summed E-state index contributed by atoms with van der Waals surface area (Å²) in [6, 6.07) is 15.3. The number of hydrogen-bond donors (Lipinski definition) is 2. The lowest BCUT2D eigenvalue weighted by Gasteiger charge is -2.16. The standard InChI is InChI=1S/C19H22N2O2S/c1-4-18(19(23)21-17-11-6-5-8-13(17)2)24-16-10-7-9-15(12-16)20-14(3)22/h5-12,18H,4H2,1-3H3,(H,20,22)(H,21,23). The van der Waals surface area contributed by atoms with Crippen LogP contribution in [0.2, 0.25) is 0 Å². The molecule has 2 aromatic rings. The molecule has 0 aliphatic carbocycles. The van der Waals surface area contributed by atoms with Crippen LogP contribution in [0.5, 0.6) is 0 Å². The third kappa shape index (κ3) is 5.13. The van der Waals surface area contributed by atoms with E-state index in [1.165, 1.54) is 18.7 Å². The Labute approximate surface area is 147 Å². The third-order valence-electron chi connectivity index (χ3n) is 3.50. The molecule has 0 heterocycles. The molecule has 0 bridgehead atoms. The fourth-order valence-electron chi connectivity index (χ4n) is 2.26. The van der Waals surface area contributed by atoms with Crippen LogP contribution in [0.3, 0.4) is 0 Å². The molecule has 24 heavy (non-hydrogen) atoms. The second-order valence-electron chi connectivity index (χ2n) is 5.53. The van der Waals surface area contributed by atoms with Crippen LogP contribution >= 0.6 is 11.8 Å². The summed E-state index contributed by atoms with van der Waals surface area (Å²) in [5.41, 5.74) is 2.62. The summed E-state index contributed by atoms with van der Waals surface area (Å²) >= 11 is 1.50. The summed E-state index contributed by atoms with van der Waals surface area (Å²) in [5.74, 6) is -0.122. The Morgan fingerprint density at radius 3 is 2.50 bits per heavy atom. The Morgan fingerprint density at radius 1 is 1.08 bits per heavy atom. The highest BCUT2D eigenvalue weighted by Gasteiger charge is 2.18. The number of rotatable bonds is 6. The van der Waals surface area contributed by atoms with Crippen LogP contribution in [-0.4, -0.2) is 17.1 Å². The maximum Gasteiger partial charge on any atom is 0.237 e. The zero-order valence-electron chi connectivity index (χ0n) is 14.1. The molecule has 0 saturated heterocycles. The molecule has 0 aliphatic rings. The molecule has 0 aromatic heterocycles. The summed E-state index contributed by atoms with van der Waals surface area (Å²) in [6.07, 6.45) is 0.715. The average Bonchev–Trinajstić information content (AvgIpc) is 2.54. The van der Waals surface area contributed by atoms with Gasteiger partial charge in [0.15, 0.2) is 0 Å². The summed E-state index contributed by atoms with van der Waals surface area (Å²) < 4.78 is 0. The molecular formula is C19H22N2O2S. The predicted octanol–water partition coefficient (Wildman–Crippen LogP) is 4.46. The molecule has 2 amide bonds. The molecule has 0 aliphatic heterocycles. The van der Waals surface area contributed by atoms with Crippen molar-refractivity contribution >= 4 is 35.0 Å². The van der Waals surface area contributed by atoms with Crippen molar-refractivity contribution in [3.63, 3.8) is 0 Å². The van der Waals surface area contributed by atoms with Crippen LogP contribution in [0.1, 0.15) is 25.8 Å². The molecule has 2 rings (SSSR count). The van der Waals surface area contributed by atoms with E-state index in [2.05, 4.69) is 10.6 Å². The van der Waals surface area contributed by atoms with Crippen molar-refractivity contribution in [2.45, 2.75) is 37.3 Å². The first kappa shape index (κ1) is 18.1. The lowest BCUT2D eigenvalue weighted by molar-refractivity contribution is -0.116. The second-order valence-corrected chi connectivity index (χ2v) is 6.80. The molecular weight excluding hydrogens is 320 g/mol. The van der Waals surface area contributed by atoms with E-state index in [9.17, 15) is 9.59 Å². The quantitative estimate of drug-likeness (QED) is 0.762. The maximum absolute atomic E-state index is 12.6. The molecule has 0 saturated carbocycles. The van der Waals surface area contributed by atoms with Crippen molar-refractivity contribution in [2.75, 3.05) is 10.6 Å². The highest BCUT2D eigenvalue weighted by molar-refractivity contribution is 8.00. The Balaban J connectivity index is 2.07. The van der Waals surface area contributed by atoms with Crippen LogP contribution in [0.25, 0.3) is 0 Å². The summed E-state index contributed by atoms with van der Waals surface area (Å²) in [5, 5.41) is 5.56. The van der Waals surface area contributed by atoms with Gasteiger partial charge in [0.1, 0.15) is 0 Å². The zero-order chi connectivity index (χ0) is 17.5. The number of anilines is 2. The predicted molar refractivity (Wildman–Crippen MR) is 100 cm³/mol. The highest BCUT2D eigenvalue weighted by atomic mass is 32.2. The SMILES string of the molecule is CCC(Sc1cccc(NC(C)=O)c1)C(=O)Nc1ccccc1C. The fraction of sp³-hybridized carbons (Fsp3) is 0.263. The van der Waals surface area contributed by atoms with Gasteiger partial charge in [-0.3, -0.25) is 9.59 Å². The lowest BCUT2D eigenvalue weighted by Crippen LogP contribution is -2.24. The smallest absolute Gasteiger partial charge is 0.237 e. The monoisotopic (exact) mass is 342 g/mol. The minimum Gasteiger partial charge on any atom is -0.326 e. The summed E-state index contributed by atoms with van der Waals surface area (Å²) in [4.78, 5) is 24.7. The van der Waals surface area contributed by atoms with Crippen molar-refractivity contribution in [1.29, 1.82) is 0 Å². The minimum absolute atomic E-state index is 0.0123. The van der Waals surface area contributed by atoms with Gasteiger partial charge >= 0.3 is 0 Å². The van der Waals surface area contributed by atoms with Crippen LogP contribution in [0, 0.1) is 6.92 Å². The van der Waals surface area contributed by atoms with Gasteiger partial charge in [0.2, 0.25) is 11.8 Å². The van der Waals surface area contributed by atoms with E-state index in [0.29, 0.717) is 6.42 Å². The van der Waals surface area contributed by atoms with Crippen molar-refractivity contribution < 1.29 is 9.59 Å². The van der Waals surface area contributed by atoms with Gasteiger partial charge in [0, 0.05) is 23.2 Å². The largest absolute Gasteiger partial charge is 0.326 e. The van der Waals surface area contributed by atoms with Gasteiger partial charge < -0.3 is 10.6 Å². The topological polar surface area (TPSA) is 58.2 Å². The number of benzene rings is 2. The fourth-order valence-corrected chi connectivity index (χ4v) is 3.28. The zero-order valence-corrected chi connectivity index (χ0v) is 14.9. The van der Waals surface area contributed by atoms with Gasteiger partial charge in [-0.15, -0.1) is 11.8 Å². The van der Waals surface area contributed by atoms with E-state index in [4.69, 9.17) is 0 Å². The van der Waals surface area contributed by atoms with E-state index >= 15 is 0 Å². The van der Waals surface area contributed by atoms with E-state index in [-0.39, 0.29) is 17.1 Å². The Bertz CT molecular complexity index is 731. The van der Waals surface area contributed by atoms with Gasteiger partial charge in [-0.05, 0) is 43.2 Å². The molecule has 2 N–H and O–H groups in total. The third-order valence-corrected chi connectivity index (χ3v) is 4.86. The number of aryl methyl sites for hydroxylation is 1. The maximum atomic E-state index is 12.6. The molecule has 0 spiro atoms. The normalized spacial score (nSPS) is 11.6. The molecule has 4 nitrogen and oxygen atoms in total. The Kier molecular flexibility index (Phi) is 6.44. The molecule has 5 heteroatoms. The first-order valence-electron chi connectivity index (χ1n) is 7.90. The van der Waals surface area contributed by atoms with Crippen molar-refractivity contribution in [2.24, 2.45) is 0 Å². The lowest BCUT2D eigenvalue weighted by atomic mass is 10.2. The molecule has 0 radical (unpaired) electrons. The van der Waals surface area contributed by atoms with E-state index in [0.717, 1.165) is 21.8 Å². The van der Waals surface area contributed by atoms with E-state index in [1.807, 2.05) is 62.4 Å². The average molecular weight is 342 g/mol. The van der Waals surface area contributed by atoms with Crippen molar-refractivity contribution in [3.05, 3.63) is 54.1 Å². The number of thioether (sulfide) groups is 1. The van der Waals surface area contributed by atoms with Crippen LogP contribution in [0.15, 0.2) is 53.4 Å². The van der Waals surface area contributed by atoms with Gasteiger partial charge in [0.25, 0.3) is 0 Å². The molecule has 126 valence electrons. The van der Waals surface area contributed by atoms with Gasteiger partial charge in [-0.25, -0.2) is 0 Å². The number of hydrogen-bond acceptors (Lipinski definition) is 3. The number of para-hydroxylation sites is 1. The van der Waals surface area contributed by atoms with Crippen molar-refractivity contribution in [3.8, 4) is 0 Å². The molecule has 1 unspecified atom stereocenters. The highest BCUT2D eigenvalue weighted by Crippen LogP contribution is 2.28. The first-order chi connectivity index (χ1) is 11.5. The molecule has 2 aromatic carbocycles. The van der Waals surface area contributed by atoms with E-state index < -0.39 is 0 Å². The van der Waals surface area contributed by atoms with Gasteiger partial charge in [-0.1, -0.05) is 31.2 Å². The minimum atomic E-state index is -0.197. The number of carbonyl (C=O) groups is 2. The Morgan fingerprint density at radius 2 is 1.83 bits per heavy atom. The molecule has 0 fully saturated rings. The van der Waals surface area contributed by atoms with Gasteiger partial charge in [0.05, 0.1) is 5.25 Å². The van der Waals surface area contributed by atoms with Crippen LogP contribution in [-0.2, 0) is 9.59 Å². The summed E-state index contributed by atoms with van der Waals surface area (Å²) in [7, 11) is 0.